The van der Waals surface area contributed by atoms with Gasteiger partial charge in [0.2, 0.25) is 5.91 Å². The Bertz CT molecular complexity index is 431. The zero-order chi connectivity index (χ0) is 14.5. The van der Waals surface area contributed by atoms with Gasteiger partial charge in [-0.05, 0) is 40.3 Å². The van der Waals surface area contributed by atoms with Crippen molar-refractivity contribution in [2.75, 3.05) is 32.7 Å². The average molecular weight is 280 g/mol. The minimum atomic E-state index is -0.0705. The molecule has 2 N–H and O–H groups in total. The third kappa shape index (κ3) is 3.80. The third-order valence-corrected chi connectivity index (χ3v) is 3.70. The van der Waals surface area contributed by atoms with E-state index in [2.05, 4.69) is 20.7 Å². The topological polar surface area (TPSA) is 70.4 Å². The van der Waals surface area contributed by atoms with E-state index in [1.165, 1.54) is 0 Å². The van der Waals surface area contributed by atoms with Crippen LogP contribution in [0.25, 0.3) is 0 Å². The summed E-state index contributed by atoms with van der Waals surface area (Å²) in [5.74, 6) is 0.827. The molecule has 1 aliphatic heterocycles. The smallest absolute Gasteiger partial charge is 0.234 e. The molecule has 1 aliphatic rings. The summed E-state index contributed by atoms with van der Waals surface area (Å²) in [6, 6.07) is -0.0705. The van der Waals surface area contributed by atoms with E-state index in [0.29, 0.717) is 6.54 Å². The second-order valence-electron chi connectivity index (χ2n) is 5.41. The number of aryl methyl sites for hydroxylation is 2. The Morgan fingerprint density at radius 3 is 2.95 bits per heavy atom. The Morgan fingerprint density at radius 1 is 1.45 bits per heavy atom. The van der Waals surface area contributed by atoms with E-state index in [0.717, 1.165) is 49.6 Å². The lowest BCUT2D eigenvalue weighted by Gasteiger charge is -2.20. The van der Waals surface area contributed by atoms with Crippen LogP contribution >= 0.6 is 0 Å². The number of amides is 1. The molecule has 0 aromatic carbocycles. The van der Waals surface area contributed by atoms with Gasteiger partial charge in [-0.25, -0.2) is 0 Å². The van der Waals surface area contributed by atoms with Gasteiger partial charge in [0.25, 0.3) is 0 Å². The molecular formula is C14H24N4O2. The maximum atomic E-state index is 12.1. The second kappa shape index (κ2) is 6.85. The van der Waals surface area contributed by atoms with Gasteiger partial charge in [0.1, 0.15) is 5.76 Å². The molecule has 1 saturated heterocycles. The van der Waals surface area contributed by atoms with E-state index in [-0.39, 0.29) is 11.9 Å². The van der Waals surface area contributed by atoms with Crippen LogP contribution in [0.1, 0.15) is 36.4 Å². The minimum absolute atomic E-state index is 0.0550. The molecule has 112 valence electrons. The first kappa shape index (κ1) is 15.0. The molecule has 0 bridgehead atoms. The molecule has 2 heterocycles. The summed E-state index contributed by atoms with van der Waals surface area (Å²) < 4.78 is 5.14. The number of carbonyl (C=O) groups is 1. The van der Waals surface area contributed by atoms with E-state index in [9.17, 15) is 4.79 Å². The fourth-order valence-electron chi connectivity index (χ4n) is 2.73. The standard InChI is InChI=1S/C14H24N4O2/c1-10(14-11(2)17-20-12(14)3)16-13(19)9-18-7-4-5-15-6-8-18/h10,15H,4-9H2,1-3H3,(H,16,19). The van der Waals surface area contributed by atoms with Crippen molar-refractivity contribution >= 4 is 5.91 Å². The number of aromatic nitrogens is 1. The molecule has 1 aromatic heterocycles. The SMILES string of the molecule is Cc1noc(C)c1C(C)NC(=O)CN1CCCNCC1. The van der Waals surface area contributed by atoms with Crippen molar-refractivity contribution < 1.29 is 9.32 Å². The average Bonchev–Trinajstić information content (AvgIpc) is 2.60. The molecule has 6 heteroatoms. The molecule has 0 aliphatic carbocycles. The van der Waals surface area contributed by atoms with Crippen LogP contribution in [0, 0.1) is 13.8 Å². The highest BCUT2D eigenvalue weighted by Crippen LogP contribution is 2.20. The van der Waals surface area contributed by atoms with Crippen LogP contribution < -0.4 is 10.6 Å². The molecule has 1 unspecified atom stereocenters. The molecule has 1 atom stereocenters. The monoisotopic (exact) mass is 280 g/mol. The molecule has 0 radical (unpaired) electrons. The Balaban J connectivity index is 1.87. The number of carbonyl (C=O) groups excluding carboxylic acids is 1. The predicted molar refractivity (Wildman–Crippen MR) is 76.5 cm³/mol. The van der Waals surface area contributed by atoms with Crippen molar-refractivity contribution in [2.24, 2.45) is 0 Å². The molecule has 1 fully saturated rings. The number of nitrogens with one attached hydrogen (secondary N) is 2. The molecule has 1 aromatic rings. The summed E-state index contributed by atoms with van der Waals surface area (Å²) in [6.07, 6.45) is 1.09. The van der Waals surface area contributed by atoms with Gasteiger partial charge >= 0.3 is 0 Å². The Labute approximate surface area is 119 Å². The van der Waals surface area contributed by atoms with Crippen molar-refractivity contribution in [1.82, 2.24) is 20.7 Å². The van der Waals surface area contributed by atoms with Gasteiger partial charge in [-0.15, -0.1) is 0 Å². The normalized spacial score (nSPS) is 18.6. The van der Waals surface area contributed by atoms with Crippen LogP contribution in [0.3, 0.4) is 0 Å². The Hall–Kier alpha value is -1.40. The lowest BCUT2D eigenvalue weighted by Crippen LogP contribution is -2.39. The molecule has 0 saturated carbocycles. The summed E-state index contributed by atoms with van der Waals surface area (Å²) in [6.45, 7) is 10.1. The quantitative estimate of drug-likeness (QED) is 0.852. The van der Waals surface area contributed by atoms with Gasteiger partial charge in [-0.3, -0.25) is 9.69 Å². The molecule has 1 amide bonds. The maximum Gasteiger partial charge on any atom is 0.234 e. The van der Waals surface area contributed by atoms with Crippen molar-refractivity contribution in [3.05, 3.63) is 17.0 Å². The van der Waals surface area contributed by atoms with Crippen LogP contribution in [-0.4, -0.2) is 48.7 Å². The van der Waals surface area contributed by atoms with Crippen molar-refractivity contribution in [2.45, 2.75) is 33.2 Å². The van der Waals surface area contributed by atoms with Gasteiger partial charge in [-0.2, -0.15) is 0 Å². The van der Waals surface area contributed by atoms with E-state index < -0.39 is 0 Å². The largest absolute Gasteiger partial charge is 0.361 e. The molecule has 20 heavy (non-hydrogen) atoms. The summed E-state index contributed by atoms with van der Waals surface area (Å²) in [7, 11) is 0. The summed E-state index contributed by atoms with van der Waals surface area (Å²) in [5, 5.41) is 10.3. The first-order valence-electron chi connectivity index (χ1n) is 7.23. The van der Waals surface area contributed by atoms with Gasteiger partial charge < -0.3 is 15.2 Å². The molecule has 6 nitrogen and oxygen atoms in total. The lowest BCUT2D eigenvalue weighted by molar-refractivity contribution is -0.122. The fourth-order valence-corrected chi connectivity index (χ4v) is 2.73. The lowest BCUT2D eigenvalue weighted by atomic mass is 10.1. The van der Waals surface area contributed by atoms with E-state index in [1.807, 2.05) is 20.8 Å². The third-order valence-electron chi connectivity index (χ3n) is 3.70. The van der Waals surface area contributed by atoms with Gasteiger partial charge in [0.15, 0.2) is 0 Å². The summed E-state index contributed by atoms with van der Waals surface area (Å²) in [4.78, 5) is 14.3. The van der Waals surface area contributed by atoms with Gasteiger partial charge in [0, 0.05) is 18.7 Å². The van der Waals surface area contributed by atoms with Gasteiger partial charge in [-0.1, -0.05) is 5.16 Å². The minimum Gasteiger partial charge on any atom is -0.361 e. The number of rotatable bonds is 4. The van der Waals surface area contributed by atoms with Crippen LogP contribution in [0.5, 0.6) is 0 Å². The van der Waals surface area contributed by atoms with Crippen LogP contribution in [0.15, 0.2) is 4.52 Å². The first-order chi connectivity index (χ1) is 9.58. The predicted octanol–water partition coefficient (Wildman–Crippen LogP) is 0.764. The zero-order valence-corrected chi connectivity index (χ0v) is 12.5. The molecule has 0 spiro atoms. The molecular weight excluding hydrogens is 256 g/mol. The highest BCUT2D eigenvalue weighted by atomic mass is 16.5. The highest BCUT2D eigenvalue weighted by Gasteiger charge is 2.19. The number of nitrogens with zero attached hydrogens (tertiary/aromatic N) is 2. The summed E-state index contributed by atoms with van der Waals surface area (Å²) >= 11 is 0. The number of hydrogen-bond acceptors (Lipinski definition) is 5. The van der Waals surface area contributed by atoms with E-state index in [4.69, 9.17) is 4.52 Å². The maximum absolute atomic E-state index is 12.1. The highest BCUT2D eigenvalue weighted by molar-refractivity contribution is 5.78. The van der Waals surface area contributed by atoms with Crippen LogP contribution in [-0.2, 0) is 4.79 Å². The summed E-state index contributed by atoms with van der Waals surface area (Å²) in [5.41, 5.74) is 1.82. The van der Waals surface area contributed by atoms with Crippen molar-refractivity contribution in [3.63, 3.8) is 0 Å². The Kier molecular flexibility index (Phi) is 5.14. The van der Waals surface area contributed by atoms with Crippen LogP contribution in [0.4, 0.5) is 0 Å². The Morgan fingerprint density at radius 2 is 2.25 bits per heavy atom. The number of hydrogen-bond donors (Lipinski definition) is 2. The van der Waals surface area contributed by atoms with E-state index in [1.54, 1.807) is 0 Å². The fraction of sp³-hybridized carbons (Fsp3) is 0.714. The zero-order valence-electron chi connectivity index (χ0n) is 12.5. The van der Waals surface area contributed by atoms with Crippen molar-refractivity contribution in [3.8, 4) is 0 Å². The van der Waals surface area contributed by atoms with E-state index >= 15 is 0 Å². The van der Waals surface area contributed by atoms with Gasteiger partial charge in [0.05, 0.1) is 18.3 Å². The van der Waals surface area contributed by atoms with Crippen molar-refractivity contribution in [1.29, 1.82) is 0 Å². The molecule has 2 rings (SSSR count). The second-order valence-corrected chi connectivity index (χ2v) is 5.41. The van der Waals surface area contributed by atoms with Crippen LogP contribution in [0.2, 0.25) is 0 Å². The first-order valence-corrected chi connectivity index (χ1v) is 7.23.